The first-order valence-electron chi connectivity index (χ1n) is 6.66. The molecule has 3 aromatic rings. The summed E-state index contributed by atoms with van der Waals surface area (Å²) in [6.45, 7) is 0. The smallest absolute Gasteiger partial charge is 0.698 e. The molecular formula is C18H14FKN2. The van der Waals surface area contributed by atoms with Crippen LogP contribution in [0, 0.1) is 5.82 Å². The van der Waals surface area contributed by atoms with Crippen molar-refractivity contribution in [2.45, 2.75) is 0 Å². The third-order valence-corrected chi connectivity index (χ3v) is 3.24. The second-order valence-corrected chi connectivity index (χ2v) is 4.76. The van der Waals surface area contributed by atoms with Gasteiger partial charge in [-0.25, -0.2) is 4.39 Å². The predicted octanol–water partition coefficient (Wildman–Crippen LogP) is 2.92. The fourth-order valence-corrected chi connectivity index (χ4v) is 2.18. The van der Waals surface area contributed by atoms with Crippen LogP contribution in [-0.4, -0.2) is 0 Å². The van der Waals surface area contributed by atoms with E-state index in [2.05, 4.69) is 5.32 Å². The monoisotopic (exact) mass is 316 g/mol. The predicted molar refractivity (Wildman–Crippen MR) is 85.5 cm³/mol. The van der Waals surface area contributed by atoms with E-state index < -0.39 is 0 Å². The van der Waals surface area contributed by atoms with Crippen molar-refractivity contribution in [1.82, 2.24) is 0 Å². The summed E-state index contributed by atoms with van der Waals surface area (Å²) in [5.41, 5.74) is 12.1. The van der Waals surface area contributed by atoms with Crippen LogP contribution in [0.2, 0.25) is 0 Å². The van der Waals surface area contributed by atoms with Crippen molar-refractivity contribution >= 4 is 17.1 Å². The van der Waals surface area contributed by atoms with E-state index in [1.54, 1.807) is 18.2 Å². The molecule has 3 rings (SSSR count). The van der Waals surface area contributed by atoms with Crippen LogP contribution in [0.4, 0.5) is 21.5 Å². The summed E-state index contributed by atoms with van der Waals surface area (Å²) in [5, 5.41) is 3.22. The normalized spacial score (nSPS) is 9.86. The molecule has 104 valence electrons. The van der Waals surface area contributed by atoms with E-state index in [1.807, 2.05) is 42.5 Å². The summed E-state index contributed by atoms with van der Waals surface area (Å²) < 4.78 is 12.9. The molecular weight excluding hydrogens is 302 g/mol. The molecule has 0 radical (unpaired) electrons. The molecule has 22 heavy (non-hydrogen) atoms. The van der Waals surface area contributed by atoms with Crippen LogP contribution in [0.25, 0.3) is 16.9 Å². The zero-order valence-electron chi connectivity index (χ0n) is 12.3. The van der Waals surface area contributed by atoms with Crippen molar-refractivity contribution in [1.29, 1.82) is 0 Å². The van der Waals surface area contributed by atoms with E-state index >= 15 is 0 Å². The molecule has 2 N–H and O–H groups in total. The Kier molecular flexibility index (Phi) is 6.17. The summed E-state index contributed by atoms with van der Waals surface area (Å²) in [7, 11) is 0. The van der Waals surface area contributed by atoms with Gasteiger partial charge in [0, 0.05) is 11.4 Å². The second kappa shape index (κ2) is 7.90. The number of hydrogen-bond donors (Lipinski definition) is 1. The van der Waals surface area contributed by atoms with E-state index in [0.717, 1.165) is 22.5 Å². The number of anilines is 2. The van der Waals surface area contributed by atoms with Gasteiger partial charge in [-0.05, 0) is 47.5 Å². The van der Waals surface area contributed by atoms with Crippen molar-refractivity contribution in [2.24, 2.45) is 0 Å². The Morgan fingerprint density at radius 2 is 1.41 bits per heavy atom. The fourth-order valence-electron chi connectivity index (χ4n) is 2.18. The summed E-state index contributed by atoms with van der Waals surface area (Å²) in [6, 6.07) is 21.6. The largest absolute Gasteiger partial charge is 1.00 e. The topological polar surface area (TPSA) is 35.8 Å². The van der Waals surface area contributed by atoms with E-state index in [9.17, 15) is 4.39 Å². The van der Waals surface area contributed by atoms with Gasteiger partial charge in [0.2, 0.25) is 0 Å². The molecule has 2 nitrogen and oxygen atoms in total. The Hall–Kier alpha value is -1.17. The van der Waals surface area contributed by atoms with Gasteiger partial charge in [-0.2, -0.15) is 0 Å². The average molecular weight is 316 g/mol. The van der Waals surface area contributed by atoms with Crippen LogP contribution < -0.4 is 56.7 Å². The van der Waals surface area contributed by atoms with Crippen molar-refractivity contribution in [3.05, 3.63) is 84.3 Å². The first kappa shape index (κ1) is 17.2. The van der Waals surface area contributed by atoms with Gasteiger partial charge >= 0.3 is 51.4 Å². The van der Waals surface area contributed by atoms with Gasteiger partial charge in [0.15, 0.2) is 0 Å². The van der Waals surface area contributed by atoms with Crippen LogP contribution in [0.15, 0.2) is 72.8 Å². The molecule has 0 aliphatic carbocycles. The van der Waals surface area contributed by atoms with Gasteiger partial charge in [-0.3, -0.25) is 0 Å². The third kappa shape index (κ3) is 4.18. The summed E-state index contributed by atoms with van der Waals surface area (Å²) in [6.07, 6.45) is 0. The van der Waals surface area contributed by atoms with E-state index in [0.29, 0.717) is 5.69 Å². The zero-order chi connectivity index (χ0) is 14.7. The van der Waals surface area contributed by atoms with E-state index in [4.69, 9.17) is 5.73 Å². The Morgan fingerprint density at radius 1 is 0.773 bits per heavy atom. The molecule has 0 unspecified atom stereocenters. The summed E-state index contributed by atoms with van der Waals surface area (Å²) >= 11 is 0. The minimum Gasteiger partial charge on any atom is -0.698 e. The van der Waals surface area contributed by atoms with E-state index in [1.165, 1.54) is 12.1 Å². The minimum absolute atomic E-state index is 0. The maximum Gasteiger partial charge on any atom is 1.00 e. The molecule has 4 heteroatoms. The number of halogens is 1. The Labute approximate surface area is 172 Å². The van der Waals surface area contributed by atoms with E-state index in [-0.39, 0.29) is 57.2 Å². The average Bonchev–Trinajstić information content (AvgIpc) is 2.52. The first-order valence-corrected chi connectivity index (χ1v) is 6.66. The molecule has 0 heterocycles. The number of hydrogen-bond acceptors (Lipinski definition) is 1. The quantitative estimate of drug-likeness (QED) is 0.741. The fraction of sp³-hybridized carbons (Fsp3) is 0. The molecule has 0 saturated carbocycles. The summed E-state index contributed by atoms with van der Waals surface area (Å²) in [4.78, 5) is 0. The van der Waals surface area contributed by atoms with Crippen LogP contribution in [0.5, 0.6) is 0 Å². The molecule has 0 bridgehead atoms. The number of benzene rings is 3. The van der Waals surface area contributed by atoms with Crippen LogP contribution in [0.3, 0.4) is 0 Å². The van der Waals surface area contributed by atoms with Gasteiger partial charge in [0.05, 0.1) is 0 Å². The number of rotatable bonds is 3. The third-order valence-electron chi connectivity index (χ3n) is 3.24. The maximum atomic E-state index is 12.9. The Bertz CT molecular complexity index is 743. The molecule has 0 spiro atoms. The van der Waals surface area contributed by atoms with Gasteiger partial charge in [0.25, 0.3) is 0 Å². The van der Waals surface area contributed by atoms with Gasteiger partial charge in [-0.1, -0.05) is 36.4 Å². The molecule has 0 aliphatic heterocycles. The van der Waals surface area contributed by atoms with Gasteiger partial charge < -0.3 is 11.1 Å². The van der Waals surface area contributed by atoms with Crippen molar-refractivity contribution < 1.29 is 55.8 Å². The molecule has 0 atom stereocenters. The van der Waals surface area contributed by atoms with Crippen molar-refractivity contribution in [2.75, 3.05) is 5.32 Å². The second-order valence-electron chi connectivity index (χ2n) is 4.76. The number of nitrogens with one attached hydrogen (secondary N) is 2. The zero-order valence-corrected chi connectivity index (χ0v) is 15.4. The van der Waals surface area contributed by atoms with Crippen molar-refractivity contribution in [3.8, 4) is 11.1 Å². The molecule has 0 aliphatic rings. The maximum absolute atomic E-state index is 12.9. The Balaban J connectivity index is 0.00000176. The Morgan fingerprint density at radius 3 is 2.09 bits per heavy atom. The van der Waals surface area contributed by atoms with Crippen LogP contribution >= 0.6 is 0 Å². The SMILES string of the molecule is [K+].[NH-]c1ccc(Nc2ccc(F)cc2)cc1-c1ccccc1. The first-order chi connectivity index (χ1) is 10.2. The van der Waals surface area contributed by atoms with Crippen LogP contribution in [0.1, 0.15) is 0 Å². The minimum atomic E-state index is -0.257. The standard InChI is InChI=1S/C18H14FN2.K/c19-14-6-8-15(9-7-14)21-16-10-11-18(20)17(12-16)13-4-2-1-3-5-13;/h1-12,20-21H;/q-1;+1. The van der Waals surface area contributed by atoms with Gasteiger partial charge in [-0.15, -0.1) is 5.69 Å². The molecule has 3 aromatic carbocycles. The summed E-state index contributed by atoms with van der Waals surface area (Å²) in [5.74, 6) is -0.257. The molecule has 0 saturated heterocycles. The molecule has 0 amide bonds. The molecule has 0 aromatic heterocycles. The van der Waals surface area contributed by atoms with Gasteiger partial charge in [0.1, 0.15) is 5.82 Å². The van der Waals surface area contributed by atoms with Crippen molar-refractivity contribution in [3.63, 3.8) is 0 Å². The molecule has 0 fully saturated rings. The van der Waals surface area contributed by atoms with Crippen LogP contribution in [-0.2, 0) is 0 Å².